The van der Waals surface area contributed by atoms with Crippen LogP contribution in [-0.4, -0.2) is 11.1 Å². The van der Waals surface area contributed by atoms with Crippen molar-refractivity contribution in [1.29, 1.82) is 0 Å². The van der Waals surface area contributed by atoms with E-state index in [2.05, 4.69) is 44.0 Å². The minimum Gasteiger partial charge on any atom is -0.474 e. The van der Waals surface area contributed by atoms with Crippen molar-refractivity contribution in [3.63, 3.8) is 0 Å². The van der Waals surface area contributed by atoms with E-state index in [0.29, 0.717) is 0 Å². The SMILES string of the molecule is Cc1c2c(nc3c(C)cccc13)O[C@H](C)C2. The van der Waals surface area contributed by atoms with Gasteiger partial charge < -0.3 is 4.74 Å². The molecular weight excluding hydrogens is 198 g/mol. The molecule has 1 atom stereocenters. The summed E-state index contributed by atoms with van der Waals surface area (Å²) in [4.78, 5) is 4.64. The molecule has 16 heavy (non-hydrogen) atoms. The maximum absolute atomic E-state index is 5.74. The van der Waals surface area contributed by atoms with Gasteiger partial charge in [0.2, 0.25) is 5.88 Å². The van der Waals surface area contributed by atoms with Crippen molar-refractivity contribution in [3.05, 3.63) is 34.9 Å². The first-order chi connectivity index (χ1) is 7.66. The van der Waals surface area contributed by atoms with Crippen LogP contribution < -0.4 is 4.74 Å². The molecule has 82 valence electrons. The first-order valence-electron chi connectivity index (χ1n) is 5.72. The number of pyridine rings is 1. The highest BCUT2D eigenvalue weighted by Gasteiger charge is 2.24. The molecule has 2 heteroatoms. The lowest BCUT2D eigenvalue weighted by molar-refractivity contribution is 0.247. The van der Waals surface area contributed by atoms with Gasteiger partial charge in [0, 0.05) is 17.4 Å². The van der Waals surface area contributed by atoms with Crippen LogP contribution in [0.5, 0.6) is 5.88 Å². The highest BCUT2D eigenvalue weighted by Crippen LogP contribution is 2.34. The lowest BCUT2D eigenvalue weighted by atomic mass is 10.0. The smallest absolute Gasteiger partial charge is 0.217 e. The summed E-state index contributed by atoms with van der Waals surface area (Å²) in [6, 6.07) is 6.34. The lowest BCUT2D eigenvalue weighted by Gasteiger charge is -2.08. The average Bonchev–Trinajstić information content (AvgIpc) is 2.61. The summed E-state index contributed by atoms with van der Waals surface area (Å²) in [5.74, 6) is 0.840. The summed E-state index contributed by atoms with van der Waals surface area (Å²) in [6.45, 7) is 6.36. The van der Waals surface area contributed by atoms with E-state index >= 15 is 0 Å². The first-order valence-corrected chi connectivity index (χ1v) is 5.72. The van der Waals surface area contributed by atoms with Crippen molar-refractivity contribution < 1.29 is 4.74 Å². The van der Waals surface area contributed by atoms with E-state index in [4.69, 9.17) is 4.74 Å². The van der Waals surface area contributed by atoms with E-state index in [1.165, 1.54) is 22.1 Å². The van der Waals surface area contributed by atoms with Gasteiger partial charge in [0.15, 0.2) is 0 Å². The van der Waals surface area contributed by atoms with Gasteiger partial charge in [-0.3, -0.25) is 0 Å². The monoisotopic (exact) mass is 213 g/mol. The van der Waals surface area contributed by atoms with Crippen molar-refractivity contribution in [2.45, 2.75) is 33.3 Å². The standard InChI is InChI=1S/C14H15NO/c1-8-5-4-6-11-10(3)12-7-9(2)16-14(12)15-13(8)11/h4-6,9H,7H2,1-3H3/t9-/m1/s1. The molecule has 0 bridgehead atoms. The number of aryl methyl sites for hydroxylation is 2. The third-order valence-corrected chi connectivity index (χ3v) is 3.37. The maximum atomic E-state index is 5.74. The molecule has 0 amide bonds. The van der Waals surface area contributed by atoms with E-state index < -0.39 is 0 Å². The Labute approximate surface area is 95.3 Å². The van der Waals surface area contributed by atoms with Gasteiger partial charge in [0.1, 0.15) is 6.10 Å². The maximum Gasteiger partial charge on any atom is 0.217 e. The number of rotatable bonds is 0. The van der Waals surface area contributed by atoms with Crippen LogP contribution in [-0.2, 0) is 6.42 Å². The number of benzene rings is 1. The number of ether oxygens (including phenoxy) is 1. The van der Waals surface area contributed by atoms with Crippen molar-refractivity contribution in [1.82, 2.24) is 4.98 Å². The highest BCUT2D eigenvalue weighted by atomic mass is 16.5. The fourth-order valence-electron chi connectivity index (χ4n) is 2.46. The van der Waals surface area contributed by atoms with E-state index in [0.717, 1.165) is 17.8 Å². The normalized spacial score (nSPS) is 18.6. The molecule has 0 spiro atoms. The summed E-state index contributed by atoms with van der Waals surface area (Å²) in [5.41, 5.74) is 4.90. The summed E-state index contributed by atoms with van der Waals surface area (Å²) >= 11 is 0. The first kappa shape index (κ1) is 9.64. The fraction of sp³-hybridized carbons (Fsp3) is 0.357. The van der Waals surface area contributed by atoms with Gasteiger partial charge in [-0.25, -0.2) is 4.98 Å². The molecule has 0 fully saturated rings. The van der Waals surface area contributed by atoms with E-state index in [1.54, 1.807) is 0 Å². The Bertz CT molecular complexity index is 574. The van der Waals surface area contributed by atoms with Gasteiger partial charge in [0.25, 0.3) is 0 Å². The Morgan fingerprint density at radius 3 is 2.94 bits per heavy atom. The molecule has 1 aromatic heterocycles. The minimum atomic E-state index is 0.262. The second-order valence-corrected chi connectivity index (χ2v) is 4.62. The second kappa shape index (κ2) is 3.21. The Morgan fingerprint density at radius 1 is 1.31 bits per heavy atom. The number of aromatic nitrogens is 1. The van der Waals surface area contributed by atoms with Gasteiger partial charge >= 0.3 is 0 Å². The fourth-order valence-corrected chi connectivity index (χ4v) is 2.46. The number of hydrogen-bond acceptors (Lipinski definition) is 2. The second-order valence-electron chi connectivity index (χ2n) is 4.62. The Morgan fingerprint density at radius 2 is 2.12 bits per heavy atom. The van der Waals surface area contributed by atoms with Crippen LogP contribution in [0.25, 0.3) is 10.9 Å². The Hall–Kier alpha value is -1.57. The predicted molar refractivity (Wildman–Crippen MR) is 65.0 cm³/mol. The third kappa shape index (κ3) is 1.22. The molecule has 0 saturated heterocycles. The molecule has 0 saturated carbocycles. The quantitative estimate of drug-likeness (QED) is 0.670. The van der Waals surface area contributed by atoms with Crippen molar-refractivity contribution in [3.8, 4) is 5.88 Å². The van der Waals surface area contributed by atoms with Crippen LogP contribution in [0.1, 0.15) is 23.6 Å². The Balaban J connectivity index is 2.38. The van der Waals surface area contributed by atoms with Gasteiger partial charge in [0.05, 0.1) is 5.52 Å². The van der Waals surface area contributed by atoms with Crippen LogP contribution in [0.4, 0.5) is 0 Å². The molecule has 3 rings (SSSR count). The van der Waals surface area contributed by atoms with Crippen molar-refractivity contribution >= 4 is 10.9 Å². The molecule has 2 aromatic rings. The van der Waals surface area contributed by atoms with Crippen LogP contribution in [0.2, 0.25) is 0 Å². The molecule has 2 nitrogen and oxygen atoms in total. The van der Waals surface area contributed by atoms with E-state index in [1.807, 2.05) is 0 Å². The van der Waals surface area contributed by atoms with Crippen molar-refractivity contribution in [2.24, 2.45) is 0 Å². The van der Waals surface area contributed by atoms with Gasteiger partial charge in [-0.15, -0.1) is 0 Å². The highest BCUT2D eigenvalue weighted by molar-refractivity contribution is 5.86. The molecule has 0 unspecified atom stereocenters. The number of hydrogen-bond donors (Lipinski definition) is 0. The summed E-state index contributed by atoms with van der Waals surface area (Å²) < 4.78 is 5.74. The topological polar surface area (TPSA) is 22.1 Å². The molecule has 0 radical (unpaired) electrons. The number of nitrogens with zero attached hydrogens (tertiary/aromatic N) is 1. The Kier molecular flexibility index (Phi) is 1.93. The summed E-state index contributed by atoms with van der Waals surface area (Å²) in [7, 11) is 0. The molecule has 1 aliphatic heterocycles. The number of para-hydroxylation sites is 1. The average molecular weight is 213 g/mol. The molecular formula is C14H15NO. The van der Waals surface area contributed by atoms with Gasteiger partial charge in [-0.05, 0) is 31.9 Å². The predicted octanol–water partition coefficient (Wildman–Crippen LogP) is 3.18. The van der Waals surface area contributed by atoms with Crippen LogP contribution in [0.3, 0.4) is 0 Å². The molecule has 1 aliphatic rings. The molecule has 1 aromatic carbocycles. The zero-order chi connectivity index (χ0) is 11.3. The lowest BCUT2D eigenvalue weighted by Crippen LogP contribution is -2.05. The number of fused-ring (bicyclic) bond motifs is 2. The molecule has 0 N–H and O–H groups in total. The van der Waals surface area contributed by atoms with Gasteiger partial charge in [-0.2, -0.15) is 0 Å². The van der Waals surface area contributed by atoms with E-state index in [-0.39, 0.29) is 6.10 Å². The molecule has 0 aliphatic carbocycles. The largest absolute Gasteiger partial charge is 0.474 e. The van der Waals surface area contributed by atoms with E-state index in [9.17, 15) is 0 Å². The molecule has 2 heterocycles. The van der Waals surface area contributed by atoms with Crippen LogP contribution >= 0.6 is 0 Å². The van der Waals surface area contributed by atoms with Crippen molar-refractivity contribution in [2.75, 3.05) is 0 Å². The van der Waals surface area contributed by atoms with Crippen LogP contribution in [0, 0.1) is 13.8 Å². The van der Waals surface area contributed by atoms with Gasteiger partial charge in [-0.1, -0.05) is 18.2 Å². The third-order valence-electron chi connectivity index (χ3n) is 3.37. The van der Waals surface area contributed by atoms with Crippen LogP contribution in [0.15, 0.2) is 18.2 Å². The zero-order valence-electron chi connectivity index (χ0n) is 9.87. The summed E-state index contributed by atoms with van der Waals surface area (Å²) in [5, 5.41) is 1.26. The summed E-state index contributed by atoms with van der Waals surface area (Å²) in [6.07, 6.45) is 1.25. The zero-order valence-corrected chi connectivity index (χ0v) is 9.87. The minimum absolute atomic E-state index is 0.262.